The number of hydrogen-bond donors (Lipinski definition) is 2. The summed E-state index contributed by atoms with van der Waals surface area (Å²) in [5.74, 6) is 1.16. The molecule has 7 heteroatoms. The van der Waals surface area contributed by atoms with Gasteiger partial charge in [-0.2, -0.15) is 13.2 Å². The molecule has 2 unspecified atom stereocenters. The van der Waals surface area contributed by atoms with Gasteiger partial charge < -0.3 is 10.6 Å². The first-order chi connectivity index (χ1) is 10.9. The lowest BCUT2D eigenvalue weighted by atomic mass is 9.85. The van der Waals surface area contributed by atoms with Crippen molar-refractivity contribution >= 4 is 11.7 Å². The van der Waals surface area contributed by atoms with Crippen LogP contribution in [-0.2, 0) is 0 Å². The maximum absolute atomic E-state index is 12.8. The van der Waals surface area contributed by atoms with Gasteiger partial charge in [-0.25, -0.2) is 4.98 Å². The Morgan fingerprint density at radius 2 is 2.17 bits per heavy atom. The van der Waals surface area contributed by atoms with E-state index in [0.29, 0.717) is 24.2 Å². The number of nitrogens with one attached hydrogen (secondary N) is 2. The van der Waals surface area contributed by atoms with Crippen LogP contribution in [0.4, 0.5) is 19.0 Å². The fraction of sp³-hybridized carbons (Fsp3) is 0.500. The molecule has 1 aromatic heterocycles. The summed E-state index contributed by atoms with van der Waals surface area (Å²) in [6.07, 6.45) is 3.73. The minimum Gasteiger partial charge on any atom is -0.367 e. The van der Waals surface area contributed by atoms with Gasteiger partial charge in [0.05, 0.1) is 18.0 Å². The van der Waals surface area contributed by atoms with Crippen LogP contribution in [0.25, 0.3) is 0 Å². The average molecular weight is 325 g/mol. The topological polar surface area (TPSA) is 54.0 Å². The van der Waals surface area contributed by atoms with E-state index in [4.69, 9.17) is 6.42 Å². The maximum Gasteiger partial charge on any atom is 0.391 e. The number of halogens is 3. The molecule has 0 aliphatic heterocycles. The first-order valence-electron chi connectivity index (χ1n) is 7.41. The second-order valence-electron chi connectivity index (χ2n) is 5.57. The Balaban J connectivity index is 1.93. The van der Waals surface area contributed by atoms with Gasteiger partial charge in [0, 0.05) is 12.2 Å². The number of carbonyl (C=O) groups is 1. The van der Waals surface area contributed by atoms with Crippen LogP contribution in [0, 0.1) is 18.3 Å². The number of hydrogen-bond acceptors (Lipinski definition) is 3. The molecule has 0 radical (unpaired) electrons. The van der Waals surface area contributed by atoms with Crippen molar-refractivity contribution in [3.05, 3.63) is 23.9 Å². The van der Waals surface area contributed by atoms with Gasteiger partial charge in [0.2, 0.25) is 0 Å². The van der Waals surface area contributed by atoms with E-state index in [9.17, 15) is 18.0 Å². The largest absolute Gasteiger partial charge is 0.391 e. The molecular weight excluding hydrogens is 307 g/mol. The minimum atomic E-state index is -4.15. The Hall–Kier alpha value is -2.23. The number of amides is 1. The summed E-state index contributed by atoms with van der Waals surface area (Å²) in [5.41, 5.74) is 0.350. The van der Waals surface area contributed by atoms with Crippen LogP contribution in [0.1, 0.15) is 36.0 Å². The van der Waals surface area contributed by atoms with Crippen molar-refractivity contribution in [2.24, 2.45) is 5.92 Å². The highest BCUT2D eigenvalue weighted by molar-refractivity contribution is 5.94. The Labute approximate surface area is 132 Å². The highest BCUT2D eigenvalue weighted by Crippen LogP contribution is 2.38. The predicted molar refractivity (Wildman–Crippen MR) is 80.8 cm³/mol. The van der Waals surface area contributed by atoms with Gasteiger partial charge in [0.15, 0.2) is 0 Å². The predicted octanol–water partition coefficient (Wildman–Crippen LogP) is 2.98. The molecule has 1 saturated carbocycles. The Kier molecular flexibility index (Phi) is 5.48. The summed E-state index contributed by atoms with van der Waals surface area (Å²) in [5, 5.41) is 5.53. The highest BCUT2D eigenvalue weighted by atomic mass is 19.4. The Morgan fingerprint density at radius 3 is 2.78 bits per heavy atom. The molecule has 1 heterocycles. The summed E-state index contributed by atoms with van der Waals surface area (Å²) >= 11 is 0. The zero-order chi connectivity index (χ0) is 16.9. The van der Waals surface area contributed by atoms with E-state index < -0.39 is 12.1 Å². The third-order valence-electron chi connectivity index (χ3n) is 3.87. The Morgan fingerprint density at radius 1 is 1.39 bits per heavy atom. The normalized spacial score (nSPS) is 21.3. The molecule has 0 aromatic carbocycles. The number of rotatable bonds is 4. The third-order valence-corrected chi connectivity index (χ3v) is 3.87. The van der Waals surface area contributed by atoms with Crippen molar-refractivity contribution < 1.29 is 18.0 Å². The van der Waals surface area contributed by atoms with Crippen molar-refractivity contribution in [2.75, 3.05) is 11.9 Å². The molecule has 2 rings (SSSR count). The van der Waals surface area contributed by atoms with Gasteiger partial charge in [0.25, 0.3) is 5.91 Å². The number of terminal acetylenes is 1. The molecule has 4 nitrogen and oxygen atoms in total. The summed E-state index contributed by atoms with van der Waals surface area (Å²) in [4.78, 5) is 15.8. The fourth-order valence-corrected chi connectivity index (χ4v) is 2.67. The molecule has 0 spiro atoms. The van der Waals surface area contributed by atoms with Gasteiger partial charge >= 0.3 is 6.18 Å². The molecule has 124 valence electrons. The van der Waals surface area contributed by atoms with Gasteiger partial charge in [0.1, 0.15) is 5.82 Å². The quantitative estimate of drug-likeness (QED) is 0.837. The second-order valence-corrected chi connectivity index (χ2v) is 5.57. The van der Waals surface area contributed by atoms with Gasteiger partial charge in [-0.3, -0.25) is 4.79 Å². The molecule has 23 heavy (non-hydrogen) atoms. The van der Waals surface area contributed by atoms with E-state index >= 15 is 0 Å². The molecule has 1 amide bonds. The van der Waals surface area contributed by atoms with Crippen molar-refractivity contribution in [1.29, 1.82) is 0 Å². The van der Waals surface area contributed by atoms with Crippen LogP contribution >= 0.6 is 0 Å². The molecule has 2 N–H and O–H groups in total. The average Bonchev–Trinajstić information content (AvgIpc) is 2.53. The van der Waals surface area contributed by atoms with Crippen molar-refractivity contribution in [3.63, 3.8) is 0 Å². The molecular formula is C16H18F3N3O. The van der Waals surface area contributed by atoms with E-state index in [2.05, 4.69) is 21.5 Å². The first-order valence-corrected chi connectivity index (χ1v) is 7.41. The fourth-order valence-electron chi connectivity index (χ4n) is 2.67. The van der Waals surface area contributed by atoms with E-state index in [1.54, 1.807) is 12.1 Å². The van der Waals surface area contributed by atoms with E-state index in [1.165, 1.54) is 6.20 Å². The summed E-state index contributed by atoms with van der Waals surface area (Å²) < 4.78 is 38.4. The molecule has 2 atom stereocenters. The monoisotopic (exact) mass is 325 g/mol. The van der Waals surface area contributed by atoms with Crippen molar-refractivity contribution in [1.82, 2.24) is 10.3 Å². The van der Waals surface area contributed by atoms with Crippen LogP contribution in [-0.4, -0.2) is 29.7 Å². The van der Waals surface area contributed by atoms with Crippen molar-refractivity contribution in [3.8, 4) is 12.3 Å². The second kappa shape index (κ2) is 7.36. The lowest BCUT2D eigenvalue weighted by molar-refractivity contribution is -0.182. The first kappa shape index (κ1) is 17.1. The zero-order valence-electron chi connectivity index (χ0n) is 12.5. The molecule has 0 bridgehead atoms. The maximum atomic E-state index is 12.8. The van der Waals surface area contributed by atoms with Crippen LogP contribution < -0.4 is 10.6 Å². The van der Waals surface area contributed by atoms with Gasteiger partial charge in [-0.1, -0.05) is 12.3 Å². The van der Waals surface area contributed by atoms with E-state index in [0.717, 1.165) is 0 Å². The van der Waals surface area contributed by atoms with Gasteiger partial charge in [-0.15, -0.1) is 6.42 Å². The molecule has 1 aromatic rings. The SMILES string of the molecule is C#CCNC(=O)c1ccc(NC2CCCC(C(F)(F)F)C2)nc1. The number of nitrogens with zero attached hydrogens (tertiary/aromatic N) is 1. The molecule has 1 aliphatic carbocycles. The van der Waals surface area contributed by atoms with Crippen molar-refractivity contribution in [2.45, 2.75) is 37.9 Å². The smallest absolute Gasteiger partial charge is 0.367 e. The highest BCUT2D eigenvalue weighted by Gasteiger charge is 2.42. The number of carbonyl (C=O) groups excluding carboxylic acids is 1. The summed E-state index contributed by atoms with van der Waals surface area (Å²) in [6.45, 7) is 0.125. The number of pyridine rings is 1. The van der Waals surface area contributed by atoms with Crippen LogP contribution in [0.15, 0.2) is 18.3 Å². The third kappa shape index (κ3) is 4.88. The molecule has 1 aliphatic rings. The minimum absolute atomic E-state index is 0.0512. The summed E-state index contributed by atoms with van der Waals surface area (Å²) in [7, 11) is 0. The number of aromatic nitrogens is 1. The molecule has 0 saturated heterocycles. The van der Waals surface area contributed by atoms with Crippen LogP contribution in [0.2, 0.25) is 0 Å². The van der Waals surface area contributed by atoms with Crippen LogP contribution in [0.5, 0.6) is 0 Å². The lowest BCUT2D eigenvalue weighted by Gasteiger charge is -2.31. The Bertz CT molecular complexity index is 578. The van der Waals surface area contributed by atoms with Gasteiger partial charge in [-0.05, 0) is 31.4 Å². The number of anilines is 1. The number of alkyl halides is 3. The standard InChI is InChI=1S/C16H18F3N3O/c1-2-8-20-15(23)11-6-7-14(21-10-11)22-13-5-3-4-12(9-13)16(17,18)19/h1,6-7,10,12-13H,3-5,8-9H2,(H,20,23)(H,21,22). The zero-order valence-corrected chi connectivity index (χ0v) is 12.5. The van der Waals surface area contributed by atoms with E-state index in [-0.39, 0.29) is 31.3 Å². The lowest BCUT2D eigenvalue weighted by Crippen LogP contribution is -2.34. The van der Waals surface area contributed by atoms with Crippen LogP contribution in [0.3, 0.4) is 0 Å². The molecule has 1 fully saturated rings. The van der Waals surface area contributed by atoms with E-state index in [1.807, 2.05) is 0 Å². The summed E-state index contributed by atoms with van der Waals surface area (Å²) in [6, 6.07) is 2.89.